The Morgan fingerprint density at radius 3 is 2.71 bits per heavy atom. The highest BCUT2D eigenvalue weighted by molar-refractivity contribution is 5.46. The number of nitrogens with zero attached hydrogens (tertiary/aromatic N) is 2. The molecule has 1 aromatic carbocycles. The number of hydrogen-bond donors (Lipinski definition) is 3. The quantitative estimate of drug-likeness (QED) is 0.722. The molecule has 0 aliphatic carbocycles. The van der Waals surface area contributed by atoms with Crippen LogP contribution in [-0.4, -0.2) is 38.2 Å². The third-order valence-corrected chi connectivity index (χ3v) is 5.13. The topological polar surface area (TPSA) is 116 Å². The Hall–Kier alpha value is -2.66. The van der Waals surface area contributed by atoms with Crippen LogP contribution in [0.3, 0.4) is 0 Å². The molecule has 2 aromatic rings. The highest BCUT2D eigenvalue weighted by Crippen LogP contribution is 2.41. The first kappa shape index (κ1) is 20.1. The van der Waals surface area contributed by atoms with Gasteiger partial charge in [-0.15, -0.1) is 0 Å². The Morgan fingerprint density at radius 2 is 2.07 bits per heavy atom. The first-order valence-corrected chi connectivity index (χ1v) is 9.20. The van der Waals surface area contributed by atoms with Crippen molar-refractivity contribution >= 4 is 0 Å². The van der Waals surface area contributed by atoms with Gasteiger partial charge < -0.3 is 24.6 Å². The van der Waals surface area contributed by atoms with E-state index >= 15 is 0 Å². The molecule has 1 aliphatic heterocycles. The molecule has 28 heavy (non-hydrogen) atoms. The van der Waals surface area contributed by atoms with Crippen LogP contribution in [0.1, 0.15) is 55.5 Å². The molecule has 0 amide bonds. The summed E-state index contributed by atoms with van der Waals surface area (Å²) in [5, 5.41) is 39.2. The van der Waals surface area contributed by atoms with E-state index in [0.717, 1.165) is 0 Å². The summed E-state index contributed by atoms with van der Waals surface area (Å²) in [6.45, 7) is 3.45. The maximum absolute atomic E-state index is 12.8. The fraction of sp³-hybridized carbons (Fsp3) is 0.429. The van der Waals surface area contributed by atoms with Gasteiger partial charge in [-0.3, -0.25) is 4.79 Å². The van der Waals surface area contributed by atoms with Gasteiger partial charge in [-0.25, -0.2) is 0 Å². The van der Waals surface area contributed by atoms with E-state index in [-0.39, 0.29) is 12.2 Å². The maximum Gasteiger partial charge on any atom is 0.251 e. The van der Waals surface area contributed by atoms with Crippen LogP contribution in [0.15, 0.2) is 41.3 Å². The Kier molecular flexibility index (Phi) is 5.57. The summed E-state index contributed by atoms with van der Waals surface area (Å²) in [7, 11) is 0. The number of pyridine rings is 1. The molecule has 3 unspecified atom stereocenters. The molecule has 3 atom stereocenters. The molecule has 7 nitrogen and oxygen atoms in total. The standard InChI is InChI=1S/C21H24N2O5/c1-21(2)20(27)19(15-10-13(12-22)5-6-17(15)28-21)23-8-7-14(11-18(23)26)16(25)4-3-9-24/h5-8,10-11,16,19-20,24-25,27H,3-4,9H2,1-2H3. The molecule has 0 saturated carbocycles. The lowest BCUT2D eigenvalue weighted by Crippen LogP contribution is -2.52. The first-order valence-electron chi connectivity index (χ1n) is 9.20. The predicted octanol–water partition coefficient (Wildman–Crippen LogP) is 1.65. The van der Waals surface area contributed by atoms with Crippen molar-refractivity contribution in [2.75, 3.05) is 6.61 Å². The number of aliphatic hydroxyl groups excluding tert-OH is 3. The van der Waals surface area contributed by atoms with Gasteiger partial charge in [-0.1, -0.05) is 0 Å². The van der Waals surface area contributed by atoms with Gasteiger partial charge in [-0.05, 0) is 56.5 Å². The Morgan fingerprint density at radius 1 is 1.32 bits per heavy atom. The minimum Gasteiger partial charge on any atom is -0.485 e. The zero-order chi connectivity index (χ0) is 20.5. The minimum absolute atomic E-state index is 0.0323. The summed E-state index contributed by atoms with van der Waals surface area (Å²) in [6, 6.07) is 9.23. The summed E-state index contributed by atoms with van der Waals surface area (Å²) in [4.78, 5) is 12.8. The lowest BCUT2D eigenvalue weighted by atomic mass is 9.85. The number of aliphatic hydroxyl groups is 3. The molecule has 1 aliphatic rings. The normalized spacial score (nSPS) is 21.3. The predicted molar refractivity (Wildman–Crippen MR) is 102 cm³/mol. The number of aromatic nitrogens is 1. The van der Waals surface area contributed by atoms with Gasteiger partial charge >= 0.3 is 0 Å². The molecule has 7 heteroatoms. The van der Waals surface area contributed by atoms with E-state index in [9.17, 15) is 20.3 Å². The Bertz CT molecular complexity index is 960. The van der Waals surface area contributed by atoms with E-state index in [1.165, 1.54) is 16.8 Å². The molecule has 3 N–H and O–H groups in total. The number of ether oxygens (including phenoxy) is 1. The van der Waals surface area contributed by atoms with Gasteiger partial charge in [0.05, 0.1) is 23.8 Å². The van der Waals surface area contributed by atoms with E-state index in [4.69, 9.17) is 9.84 Å². The second-order valence-corrected chi connectivity index (χ2v) is 7.55. The third kappa shape index (κ3) is 3.67. The van der Waals surface area contributed by atoms with Gasteiger partial charge in [0, 0.05) is 24.4 Å². The van der Waals surface area contributed by atoms with Gasteiger partial charge in [0.15, 0.2) is 0 Å². The monoisotopic (exact) mass is 384 g/mol. The second-order valence-electron chi connectivity index (χ2n) is 7.55. The molecule has 0 spiro atoms. The second kappa shape index (κ2) is 7.76. The first-order chi connectivity index (χ1) is 13.3. The largest absolute Gasteiger partial charge is 0.485 e. The fourth-order valence-electron chi connectivity index (χ4n) is 3.53. The number of hydrogen-bond acceptors (Lipinski definition) is 6. The summed E-state index contributed by atoms with van der Waals surface area (Å²) >= 11 is 0. The Balaban J connectivity index is 2.07. The lowest BCUT2D eigenvalue weighted by molar-refractivity contribution is -0.0643. The number of benzene rings is 1. The molecule has 0 radical (unpaired) electrons. The van der Waals surface area contributed by atoms with Crippen LogP contribution >= 0.6 is 0 Å². The number of fused-ring (bicyclic) bond motifs is 1. The summed E-state index contributed by atoms with van der Waals surface area (Å²) < 4.78 is 7.29. The SMILES string of the molecule is CC1(C)Oc2ccc(C#N)cc2C(n2ccc(C(O)CCCO)cc2=O)C1O. The van der Waals surface area contributed by atoms with Crippen molar-refractivity contribution in [1.82, 2.24) is 4.57 Å². The van der Waals surface area contributed by atoms with E-state index in [0.29, 0.717) is 35.3 Å². The highest BCUT2D eigenvalue weighted by atomic mass is 16.5. The molecule has 0 fully saturated rings. The molecular weight excluding hydrogens is 360 g/mol. The van der Waals surface area contributed by atoms with Crippen LogP contribution in [0.4, 0.5) is 0 Å². The van der Waals surface area contributed by atoms with Crippen LogP contribution in [-0.2, 0) is 0 Å². The van der Waals surface area contributed by atoms with Crippen molar-refractivity contribution < 1.29 is 20.1 Å². The van der Waals surface area contributed by atoms with Crippen LogP contribution in [0.5, 0.6) is 5.75 Å². The van der Waals surface area contributed by atoms with Crippen molar-refractivity contribution in [2.24, 2.45) is 0 Å². The molecule has 148 valence electrons. The van der Waals surface area contributed by atoms with E-state index in [1.807, 2.05) is 0 Å². The number of rotatable bonds is 5. The van der Waals surface area contributed by atoms with Gasteiger partial charge in [0.25, 0.3) is 5.56 Å². The van der Waals surface area contributed by atoms with Crippen molar-refractivity contribution in [3.05, 3.63) is 63.6 Å². The van der Waals surface area contributed by atoms with Crippen LogP contribution < -0.4 is 10.3 Å². The maximum atomic E-state index is 12.8. The summed E-state index contributed by atoms with van der Waals surface area (Å²) in [5.74, 6) is 0.512. The van der Waals surface area contributed by atoms with Gasteiger partial charge in [-0.2, -0.15) is 5.26 Å². The molecule has 3 rings (SSSR count). The third-order valence-electron chi connectivity index (χ3n) is 5.13. The van der Waals surface area contributed by atoms with Gasteiger partial charge in [0.2, 0.25) is 0 Å². The molecule has 1 aromatic heterocycles. The van der Waals surface area contributed by atoms with Crippen molar-refractivity contribution in [3.63, 3.8) is 0 Å². The molecular formula is C21H24N2O5. The average Bonchev–Trinajstić information content (AvgIpc) is 2.67. The van der Waals surface area contributed by atoms with Crippen molar-refractivity contribution in [2.45, 2.75) is 50.5 Å². The highest BCUT2D eigenvalue weighted by Gasteiger charge is 2.44. The van der Waals surface area contributed by atoms with Crippen molar-refractivity contribution in [3.8, 4) is 11.8 Å². The average molecular weight is 384 g/mol. The molecule has 2 heterocycles. The van der Waals surface area contributed by atoms with E-state index < -0.39 is 23.9 Å². The van der Waals surface area contributed by atoms with Crippen molar-refractivity contribution in [1.29, 1.82) is 5.26 Å². The summed E-state index contributed by atoms with van der Waals surface area (Å²) in [5.41, 5.74) is 0.104. The smallest absolute Gasteiger partial charge is 0.251 e. The summed E-state index contributed by atoms with van der Waals surface area (Å²) in [6.07, 6.45) is 0.445. The molecule has 0 saturated heterocycles. The Labute approximate surface area is 163 Å². The van der Waals surface area contributed by atoms with E-state index in [2.05, 4.69) is 6.07 Å². The molecule has 0 bridgehead atoms. The number of nitriles is 1. The van der Waals surface area contributed by atoms with Crippen LogP contribution in [0, 0.1) is 11.3 Å². The minimum atomic E-state index is -1.03. The van der Waals surface area contributed by atoms with Crippen LogP contribution in [0.25, 0.3) is 0 Å². The van der Waals surface area contributed by atoms with E-state index in [1.54, 1.807) is 38.1 Å². The van der Waals surface area contributed by atoms with Crippen LogP contribution in [0.2, 0.25) is 0 Å². The zero-order valence-corrected chi connectivity index (χ0v) is 15.9. The lowest BCUT2D eigenvalue weighted by Gasteiger charge is -2.42. The fourth-order valence-corrected chi connectivity index (χ4v) is 3.53. The zero-order valence-electron chi connectivity index (χ0n) is 15.9. The van der Waals surface area contributed by atoms with Gasteiger partial charge in [0.1, 0.15) is 17.5 Å².